The van der Waals surface area contributed by atoms with E-state index in [-0.39, 0.29) is 17.7 Å². The molecule has 0 aromatic carbocycles. The molecule has 0 spiro atoms. The van der Waals surface area contributed by atoms with Crippen LogP contribution in [-0.2, 0) is 0 Å². The monoisotopic (exact) mass is 285 g/mol. The van der Waals surface area contributed by atoms with Crippen molar-refractivity contribution in [3.05, 3.63) is 29.8 Å². The number of amides is 1. The zero-order chi connectivity index (χ0) is 14.4. The Labute approximate surface area is 120 Å². The average molecular weight is 285 g/mol. The Morgan fingerprint density at radius 3 is 3.05 bits per heavy atom. The number of nitrogens with zero attached hydrogens (tertiary/aromatic N) is 1. The Hall–Kier alpha value is -2.21. The molecular formula is C15H15N3O3. The molecule has 21 heavy (non-hydrogen) atoms. The molecule has 2 saturated heterocycles. The van der Waals surface area contributed by atoms with Gasteiger partial charge in [-0.25, -0.2) is 0 Å². The van der Waals surface area contributed by atoms with E-state index >= 15 is 0 Å². The summed E-state index contributed by atoms with van der Waals surface area (Å²) in [7, 11) is 0. The molecule has 2 aliphatic heterocycles. The van der Waals surface area contributed by atoms with E-state index in [2.05, 4.69) is 15.6 Å². The fourth-order valence-corrected chi connectivity index (χ4v) is 3.36. The maximum absolute atomic E-state index is 12.3. The third kappa shape index (κ3) is 2.12. The summed E-state index contributed by atoms with van der Waals surface area (Å²) in [6, 6.07) is 4.29. The Morgan fingerprint density at radius 1 is 1.43 bits per heavy atom. The molecule has 6 nitrogen and oxygen atoms in total. The van der Waals surface area contributed by atoms with Gasteiger partial charge in [0.15, 0.2) is 12.0 Å². The summed E-state index contributed by atoms with van der Waals surface area (Å²) < 4.78 is 5.33. The standard InChI is InChI=1S/C15H15N3O3/c19-7-10-3-8-6-16-13(5-14(8)21-10)15(20)18-12-4-9-1-2-11(12)17-9/h3,5-7,9,11-12,17H,1-2,4H2,(H,18,20)/t9-,11+,12-/m1/s1. The number of hydrogen-bond donors (Lipinski definition) is 2. The molecule has 0 saturated carbocycles. The lowest BCUT2D eigenvalue weighted by atomic mass is 9.95. The number of furan rings is 1. The maximum Gasteiger partial charge on any atom is 0.270 e. The number of nitrogens with one attached hydrogen (secondary N) is 2. The van der Waals surface area contributed by atoms with Gasteiger partial charge in [0.05, 0.1) is 0 Å². The van der Waals surface area contributed by atoms with Crippen molar-refractivity contribution < 1.29 is 14.0 Å². The zero-order valence-corrected chi connectivity index (χ0v) is 11.3. The molecular weight excluding hydrogens is 270 g/mol. The van der Waals surface area contributed by atoms with Crippen LogP contribution in [0, 0.1) is 0 Å². The molecule has 4 rings (SSSR count). The van der Waals surface area contributed by atoms with Crippen LogP contribution in [0.2, 0.25) is 0 Å². The SMILES string of the molecule is O=Cc1cc2cnc(C(=O)N[C@@H]3C[C@H]4CC[C@@H]3N4)cc2o1. The molecule has 0 unspecified atom stereocenters. The summed E-state index contributed by atoms with van der Waals surface area (Å²) in [6.07, 6.45) is 5.49. The first kappa shape index (κ1) is 12.5. The van der Waals surface area contributed by atoms with Crippen LogP contribution < -0.4 is 10.6 Å². The summed E-state index contributed by atoms with van der Waals surface area (Å²) in [5, 5.41) is 7.24. The highest BCUT2D eigenvalue weighted by Gasteiger charge is 2.39. The number of hydrogen-bond acceptors (Lipinski definition) is 5. The van der Waals surface area contributed by atoms with Crippen molar-refractivity contribution in [2.45, 2.75) is 37.4 Å². The first-order valence-electron chi connectivity index (χ1n) is 7.14. The molecule has 2 fully saturated rings. The van der Waals surface area contributed by atoms with Gasteiger partial charge in [-0.2, -0.15) is 0 Å². The van der Waals surface area contributed by atoms with E-state index in [9.17, 15) is 9.59 Å². The summed E-state index contributed by atoms with van der Waals surface area (Å²) in [6.45, 7) is 0. The normalized spacial score (nSPS) is 27.1. The van der Waals surface area contributed by atoms with Crippen LogP contribution in [0.25, 0.3) is 11.0 Å². The largest absolute Gasteiger partial charge is 0.453 e. The molecule has 1 amide bonds. The van der Waals surface area contributed by atoms with E-state index in [4.69, 9.17) is 4.42 Å². The number of fused-ring (bicyclic) bond motifs is 3. The second-order valence-corrected chi connectivity index (χ2v) is 5.74. The Bertz CT molecular complexity index is 724. The maximum atomic E-state index is 12.3. The van der Waals surface area contributed by atoms with Crippen LogP contribution in [0.1, 0.15) is 40.3 Å². The first-order valence-corrected chi connectivity index (χ1v) is 7.14. The molecule has 2 bridgehead atoms. The van der Waals surface area contributed by atoms with Gasteiger partial charge in [-0.05, 0) is 25.3 Å². The van der Waals surface area contributed by atoms with Crippen molar-refractivity contribution in [3.8, 4) is 0 Å². The Kier molecular flexibility index (Phi) is 2.78. The molecule has 0 aliphatic carbocycles. The Balaban J connectivity index is 1.54. The second kappa shape index (κ2) is 4.66. The first-order chi connectivity index (χ1) is 10.2. The molecule has 6 heteroatoms. The topological polar surface area (TPSA) is 84.2 Å². The fourth-order valence-electron chi connectivity index (χ4n) is 3.36. The molecule has 3 atom stereocenters. The zero-order valence-electron chi connectivity index (χ0n) is 11.3. The van der Waals surface area contributed by atoms with Crippen LogP contribution in [0.3, 0.4) is 0 Å². The van der Waals surface area contributed by atoms with Gasteiger partial charge in [-0.15, -0.1) is 0 Å². The molecule has 2 N–H and O–H groups in total. The van der Waals surface area contributed by atoms with Crippen LogP contribution >= 0.6 is 0 Å². The van der Waals surface area contributed by atoms with Gasteiger partial charge in [0.2, 0.25) is 0 Å². The minimum atomic E-state index is -0.194. The van der Waals surface area contributed by atoms with Crippen molar-refractivity contribution >= 4 is 23.2 Å². The fraction of sp³-hybridized carbons (Fsp3) is 0.400. The summed E-state index contributed by atoms with van der Waals surface area (Å²) >= 11 is 0. The minimum Gasteiger partial charge on any atom is -0.453 e. The van der Waals surface area contributed by atoms with Crippen LogP contribution in [-0.4, -0.2) is 35.3 Å². The van der Waals surface area contributed by atoms with Gasteiger partial charge in [-0.3, -0.25) is 14.6 Å². The van der Waals surface area contributed by atoms with Crippen molar-refractivity contribution in [2.75, 3.05) is 0 Å². The number of carbonyl (C=O) groups is 2. The van der Waals surface area contributed by atoms with Crippen molar-refractivity contribution in [1.29, 1.82) is 0 Å². The highest BCUT2D eigenvalue weighted by molar-refractivity contribution is 5.96. The lowest BCUT2D eigenvalue weighted by Gasteiger charge is -2.21. The van der Waals surface area contributed by atoms with E-state index in [1.54, 1.807) is 18.3 Å². The number of aromatic nitrogens is 1. The van der Waals surface area contributed by atoms with E-state index in [0.29, 0.717) is 29.6 Å². The van der Waals surface area contributed by atoms with Crippen LogP contribution in [0.15, 0.2) is 22.7 Å². The van der Waals surface area contributed by atoms with Crippen molar-refractivity contribution in [3.63, 3.8) is 0 Å². The van der Waals surface area contributed by atoms with Crippen molar-refractivity contribution in [1.82, 2.24) is 15.6 Å². The third-order valence-electron chi connectivity index (χ3n) is 4.39. The average Bonchev–Trinajstić information content (AvgIpc) is 3.20. The van der Waals surface area contributed by atoms with Crippen LogP contribution in [0.4, 0.5) is 0 Å². The summed E-state index contributed by atoms with van der Waals surface area (Å²) in [5.41, 5.74) is 0.820. The van der Waals surface area contributed by atoms with Gasteiger partial charge in [0.25, 0.3) is 5.91 Å². The van der Waals surface area contributed by atoms with E-state index in [1.165, 1.54) is 6.42 Å². The third-order valence-corrected chi connectivity index (χ3v) is 4.39. The number of carbonyl (C=O) groups excluding carboxylic acids is 2. The van der Waals surface area contributed by atoms with E-state index in [1.807, 2.05) is 0 Å². The van der Waals surface area contributed by atoms with E-state index < -0.39 is 0 Å². The quantitative estimate of drug-likeness (QED) is 0.829. The minimum absolute atomic E-state index is 0.177. The van der Waals surface area contributed by atoms with Gasteiger partial charge < -0.3 is 15.1 Å². The summed E-state index contributed by atoms with van der Waals surface area (Å²) in [5.74, 6) is 0.0435. The van der Waals surface area contributed by atoms with Gasteiger partial charge >= 0.3 is 0 Å². The molecule has 2 aliphatic rings. The number of aldehydes is 1. The predicted molar refractivity (Wildman–Crippen MR) is 75.2 cm³/mol. The molecule has 4 heterocycles. The lowest BCUT2D eigenvalue weighted by Crippen LogP contribution is -2.43. The van der Waals surface area contributed by atoms with Gasteiger partial charge in [-0.1, -0.05) is 0 Å². The molecule has 2 aromatic rings. The number of pyridine rings is 1. The molecule has 2 aromatic heterocycles. The van der Waals surface area contributed by atoms with Crippen LogP contribution in [0.5, 0.6) is 0 Å². The lowest BCUT2D eigenvalue weighted by molar-refractivity contribution is 0.0926. The summed E-state index contributed by atoms with van der Waals surface area (Å²) in [4.78, 5) is 27.1. The highest BCUT2D eigenvalue weighted by atomic mass is 16.3. The van der Waals surface area contributed by atoms with Gasteiger partial charge in [0, 0.05) is 35.8 Å². The van der Waals surface area contributed by atoms with Gasteiger partial charge in [0.1, 0.15) is 11.3 Å². The highest BCUT2D eigenvalue weighted by Crippen LogP contribution is 2.28. The van der Waals surface area contributed by atoms with Crippen molar-refractivity contribution in [2.24, 2.45) is 0 Å². The Morgan fingerprint density at radius 2 is 2.33 bits per heavy atom. The smallest absolute Gasteiger partial charge is 0.270 e. The molecule has 0 radical (unpaired) electrons. The second-order valence-electron chi connectivity index (χ2n) is 5.74. The molecule has 108 valence electrons. The van der Waals surface area contributed by atoms with E-state index in [0.717, 1.165) is 18.2 Å². The predicted octanol–water partition coefficient (Wildman–Crippen LogP) is 1.26. The number of rotatable bonds is 3.